The molecule has 0 spiro atoms. The maximum absolute atomic E-state index is 14.1. The molecule has 0 rings (SSSR count). The topological polar surface area (TPSA) is 97.9 Å². The van der Waals surface area contributed by atoms with Crippen LogP contribution >= 0.6 is 0 Å². The number of ether oxygens (including phenoxy) is 3. The molecule has 1 unspecified atom stereocenters. The van der Waals surface area contributed by atoms with Crippen LogP contribution in [-0.4, -0.2) is 82.8 Å². The highest BCUT2D eigenvalue weighted by Crippen LogP contribution is 2.17. The van der Waals surface area contributed by atoms with Gasteiger partial charge in [-0.15, -0.1) is 0 Å². The zero-order valence-electron chi connectivity index (χ0n) is 17.1. The van der Waals surface area contributed by atoms with Gasteiger partial charge in [-0.2, -0.15) is 0 Å². The van der Waals surface area contributed by atoms with Gasteiger partial charge in [-0.05, 0) is 20.4 Å². The van der Waals surface area contributed by atoms with Crippen LogP contribution in [0.1, 0.15) is 34.1 Å². The van der Waals surface area contributed by atoms with Crippen molar-refractivity contribution in [1.29, 1.82) is 0 Å². The molecule has 0 aromatic rings. The van der Waals surface area contributed by atoms with Gasteiger partial charge in [-0.1, -0.05) is 13.8 Å². The Morgan fingerprint density at radius 2 is 1.59 bits per heavy atom. The Bertz CT molecular complexity index is 410. The monoisotopic (exact) mass is 393 g/mol. The molecule has 160 valence electrons. The average molecular weight is 394 g/mol. The van der Waals surface area contributed by atoms with Crippen molar-refractivity contribution in [3.63, 3.8) is 0 Å². The van der Waals surface area contributed by atoms with Crippen molar-refractivity contribution >= 4 is 11.8 Å². The normalized spacial score (nSPS) is 12.6. The van der Waals surface area contributed by atoms with Gasteiger partial charge < -0.3 is 30.2 Å². The summed E-state index contributed by atoms with van der Waals surface area (Å²) in [5.74, 6) is -0.576. The Kier molecular flexibility index (Phi) is 15.0. The third-order valence-electron chi connectivity index (χ3n) is 3.74. The molecule has 0 aliphatic carbocycles. The number of hydrogen-bond acceptors (Lipinski definition) is 6. The van der Waals surface area contributed by atoms with E-state index < -0.39 is 11.8 Å². The van der Waals surface area contributed by atoms with E-state index in [-0.39, 0.29) is 25.0 Å². The Balaban J connectivity index is 3.70. The smallest absolute Gasteiger partial charge is 0.246 e. The molecule has 0 bridgehead atoms. The first kappa shape index (κ1) is 25.7. The molecule has 8 nitrogen and oxygen atoms in total. The third kappa shape index (κ3) is 14.4. The molecule has 0 aliphatic rings. The average Bonchev–Trinajstić information content (AvgIpc) is 2.65. The van der Waals surface area contributed by atoms with Gasteiger partial charge in [0.05, 0.1) is 38.6 Å². The highest BCUT2D eigenvalue weighted by molar-refractivity contribution is 5.77. The number of carbonyl (C=O) groups is 2. The molecule has 0 saturated carbocycles. The van der Waals surface area contributed by atoms with Gasteiger partial charge >= 0.3 is 0 Å². The first-order valence-corrected chi connectivity index (χ1v) is 9.51. The molecule has 3 N–H and O–H groups in total. The first-order valence-electron chi connectivity index (χ1n) is 9.51. The van der Waals surface area contributed by atoms with Crippen LogP contribution < -0.4 is 16.0 Å². The number of likely N-dealkylation sites (N-methyl/N-ethyl adjacent to an activating group) is 1. The lowest BCUT2D eigenvalue weighted by atomic mass is 10.0. The molecule has 0 aliphatic heterocycles. The molecule has 0 heterocycles. The largest absolute Gasteiger partial charge is 0.378 e. The van der Waals surface area contributed by atoms with Crippen LogP contribution in [0.25, 0.3) is 0 Å². The lowest BCUT2D eigenvalue weighted by Crippen LogP contribution is -2.45. The minimum absolute atomic E-state index is 0.147. The first-order chi connectivity index (χ1) is 12.8. The van der Waals surface area contributed by atoms with Gasteiger partial charge in [0, 0.05) is 19.5 Å². The summed E-state index contributed by atoms with van der Waals surface area (Å²) < 4.78 is 30.2. The van der Waals surface area contributed by atoms with Crippen LogP contribution in [0.2, 0.25) is 0 Å². The van der Waals surface area contributed by atoms with E-state index in [0.29, 0.717) is 39.4 Å². The number of halogens is 1. The van der Waals surface area contributed by atoms with Gasteiger partial charge in [-0.25, -0.2) is 4.39 Å². The van der Waals surface area contributed by atoms with Crippen molar-refractivity contribution in [2.75, 3.05) is 59.2 Å². The Morgan fingerprint density at radius 1 is 0.963 bits per heavy atom. The fourth-order valence-electron chi connectivity index (χ4n) is 1.87. The summed E-state index contributed by atoms with van der Waals surface area (Å²) >= 11 is 0. The molecule has 9 heteroatoms. The summed E-state index contributed by atoms with van der Waals surface area (Å²) in [6, 6.07) is 0. The standard InChI is InChI=1S/C18H36FN3O5/c1-5-16(23)22-13-15(19)18(3,4)27-14-17(24)21-8-10-26-12-11-25-9-7-20-6-2/h15,20H,5-14H2,1-4H3,(H,21,24)(H,22,23). The molecule has 0 aromatic heterocycles. The van der Waals surface area contributed by atoms with Crippen LogP contribution in [-0.2, 0) is 23.8 Å². The van der Waals surface area contributed by atoms with Crippen LogP contribution in [0.5, 0.6) is 0 Å². The molecule has 0 aromatic carbocycles. The van der Waals surface area contributed by atoms with Crippen molar-refractivity contribution in [3.8, 4) is 0 Å². The second-order valence-corrected chi connectivity index (χ2v) is 6.45. The predicted octanol–water partition coefficient (Wildman–Crippen LogP) is 0.405. The van der Waals surface area contributed by atoms with Crippen molar-refractivity contribution < 1.29 is 28.2 Å². The molecule has 0 fully saturated rings. The van der Waals surface area contributed by atoms with E-state index >= 15 is 0 Å². The van der Waals surface area contributed by atoms with Crippen LogP contribution in [0.3, 0.4) is 0 Å². The van der Waals surface area contributed by atoms with Crippen LogP contribution in [0.15, 0.2) is 0 Å². The fraction of sp³-hybridized carbons (Fsp3) is 0.889. The zero-order chi connectivity index (χ0) is 20.5. The Hall–Kier alpha value is -1.29. The fourth-order valence-corrected chi connectivity index (χ4v) is 1.87. The second kappa shape index (κ2) is 15.7. The molecule has 27 heavy (non-hydrogen) atoms. The summed E-state index contributed by atoms with van der Waals surface area (Å²) in [5.41, 5.74) is -1.18. The molecule has 1 atom stereocenters. The summed E-state index contributed by atoms with van der Waals surface area (Å²) in [5, 5.41) is 8.26. The second-order valence-electron chi connectivity index (χ2n) is 6.45. The van der Waals surface area contributed by atoms with Crippen molar-refractivity contribution in [1.82, 2.24) is 16.0 Å². The van der Waals surface area contributed by atoms with E-state index in [9.17, 15) is 14.0 Å². The van der Waals surface area contributed by atoms with Crippen molar-refractivity contribution in [2.45, 2.75) is 45.9 Å². The number of alkyl halides is 1. The van der Waals surface area contributed by atoms with Gasteiger partial charge in [0.15, 0.2) is 0 Å². The van der Waals surface area contributed by atoms with Crippen molar-refractivity contribution in [2.24, 2.45) is 0 Å². The van der Waals surface area contributed by atoms with Crippen LogP contribution in [0.4, 0.5) is 4.39 Å². The molecular formula is C18H36FN3O5. The minimum Gasteiger partial charge on any atom is -0.378 e. The summed E-state index contributed by atoms with van der Waals surface area (Å²) in [6.07, 6.45) is -1.13. The van der Waals surface area contributed by atoms with Crippen molar-refractivity contribution in [3.05, 3.63) is 0 Å². The maximum atomic E-state index is 14.1. The lowest BCUT2D eigenvalue weighted by molar-refractivity contribution is -0.136. The summed E-state index contributed by atoms with van der Waals surface area (Å²) in [7, 11) is 0. The van der Waals surface area contributed by atoms with Gasteiger partial charge in [0.25, 0.3) is 0 Å². The van der Waals surface area contributed by atoms with E-state index in [1.807, 2.05) is 6.92 Å². The Morgan fingerprint density at radius 3 is 2.19 bits per heavy atom. The van der Waals surface area contributed by atoms with E-state index in [1.165, 1.54) is 0 Å². The highest BCUT2D eigenvalue weighted by atomic mass is 19.1. The number of hydrogen-bond donors (Lipinski definition) is 3. The molecule has 0 radical (unpaired) electrons. The maximum Gasteiger partial charge on any atom is 0.246 e. The Labute approximate surface area is 161 Å². The number of carbonyl (C=O) groups excluding carboxylic acids is 2. The highest BCUT2D eigenvalue weighted by Gasteiger charge is 2.31. The molecule has 2 amide bonds. The molecule has 0 saturated heterocycles. The number of rotatable bonds is 17. The minimum atomic E-state index is -1.42. The third-order valence-corrected chi connectivity index (χ3v) is 3.74. The van der Waals surface area contributed by atoms with E-state index in [2.05, 4.69) is 16.0 Å². The van der Waals surface area contributed by atoms with E-state index in [4.69, 9.17) is 14.2 Å². The van der Waals surface area contributed by atoms with Crippen LogP contribution in [0, 0.1) is 0 Å². The predicted molar refractivity (Wildman–Crippen MR) is 101 cm³/mol. The number of amides is 2. The SMILES string of the molecule is CCNCCOCCOCCNC(=O)COC(C)(C)C(F)CNC(=O)CC. The lowest BCUT2D eigenvalue weighted by Gasteiger charge is -2.29. The zero-order valence-corrected chi connectivity index (χ0v) is 17.1. The quantitative estimate of drug-likeness (QED) is 0.310. The van der Waals surface area contributed by atoms with E-state index in [1.54, 1.807) is 20.8 Å². The van der Waals surface area contributed by atoms with Gasteiger partial charge in [0.1, 0.15) is 12.8 Å². The van der Waals surface area contributed by atoms with E-state index in [0.717, 1.165) is 13.1 Å². The summed E-state index contributed by atoms with van der Waals surface area (Å²) in [6.45, 7) is 10.4. The van der Waals surface area contributed by atoms with Gasteiger partial charge in [-0.3, -0.25) is 9.59 Å². The summed E-state index contributed by atoms with van der Waals surface area (Å²) in [4.78, 5) is 22.9. The number of nitrogens with one attached hydrogen (secondary N) is 3. The molecular weight excluding hydrogens is 357 g/mol. The van der Waals surface area contributed by atoms with Gasteiger partial charge in [0.2, 0.25) is 11.8 Å².